The third-order valence-electron chi connectivity index (χ3n) is 4.49. The Balaban J connectivity index is 0.00000338. The Kier molecular flexibility index (Phi) is 8.95. The fraction of sp³-hybridized carbons (Fsp3) is 0.556. The van der Waals surface area contributed by atoms with Gasteiger partial charge in [0.05, 0.1) is 5.41 Å². The minimum atomic E-state index is -0.493. The molecule has 1 fully saturated rings. The summed E-state index contributed by atoms with van der Waals surface area (Å²) in [6, 6.07) is 7.95. The van der Waals surface area contributed by atoms with Crippen LogP contribution in [0.3, 0.4) is 0 Å². The van der Waals surface area contributed by atoms with Crippen LogP contribution in [0.5, 0.6) is 0 Å². The SMILES string of the molecule is CN=C(NCC(C)(C)C(=O)NC)N1CCN(c2cccc(Cl)c2)CC1.I. The van der Waals surface area contributed by atoms with E-state index >= 15 is 0 Å². The third kappa shape index (κ3) is 5.90. The molecule has 1 amide bonds. The number of amides is 1. The number of guanidine groups is 1. The number of carbonyl (C=O) groups is 1. The van der Waals surface area contributed by atoms with Gasteiger partial charge >= 0.3 is 0 Å². The molecule has 1 aliphatic heterocycles. The highest BCUT2D eigenvalue weighted by Crippen LogP contribution is 2.21. The van der Waals surface area contributed by atoms with Crippen molar-refractivity contribution in [2.45, 2.75) is 13.8 Å². The summed E-state index contributed by atoms with van der Waals surface area (Å²) in [5.41, 5.74) is 0.656. The summed E-state index contributed by atoms with van der Waals surface area (Å²) in [7, 11) is 3.44. The van der Waals surface area contributed by atoms with Crippen molar-refractivity contribution in [3.05, 3.63) is 29.3 Å². The van der Waals surface area contributed by atoms with E-state index in [1.54, 1.807) is 14.1 Å². The van der Waals surface area contributed by atoms with Crippen LogP contribution < -0.4 is 15.5 Å². The molecule has 2 rings (SSSR count). The first-order chi connectivity index (χ1) is 11.9. The molecule has 0 aliphatic carbocycles. The van der Waals surface area contributed by atoms with E-state index in [-0.39, 0.29) is 29.9 Å². The van der Waals surface area contributed by atoms with Crippen LogP contribution in [0.4, 0.5) is 5.69 Å². The van der Waals surface area contributed by atoms with E-state index in [0.29, 0.717) is 6.54 Å². The highest BCUT2D eigenvalue weighted by molar-refractivity contribution is 14.0. The molecule has 0 spiro atoms. The van der Waals surface area contributed by atoms with Gasteiger partial charge in [-0.3, -0.25) is 9.79 Å². The summed E-state index contributed by atoms with van der Waals surface area (Å²) in [6.07, 6.45) is 0. The number of anilines is 1. The van der Waals surface area contributed by atoms with Crippen molar-refractivity contribution in [2.75, 3.05) is 51.7 Å². The quantitative estimate of drug-likeness (QED) is 0.384. The van der Waals surface area contributed by atoms with Gasteiger partial charge in [-0.25, -0.2) is 0 Å². The molecule has 1 heterocycles. The number of halogens is 2. The van der Waals surface area contributed by atoms with Crippen molar-refractivity contribution in [2.24, 2.45) is 10.4 Å². The molecule has 0 atom stereocenters. The van der Waals surface area contributed by atoms with Crippen molar-refractivity contribution in [1.82, 2.24) is 15.5 Å². The maximum absolute atomic E-state index is 11.9. The van der Waals surface area contributed by atoms with Crippen molar-refractivity contribution >= 4 is 53.1 Å². The highest BCUT2D eigenvalue weighted by Gasteiger charge is 2.28. The molecule has 2 N–H and O–H groups in total. The van der Waals surface area contributed by atoms with Crippen molar-refractivity contribution < 1.29 is 4.79 Å². The second-order valence-corrected chi connectivity index (χ2v) is 7.25. The van der Waals surface area contributed by atoms with Gasteiger partial charge in [0.25, 0.3) is 0 Å². The normalized spacial score (nSPS) is 15.3. The van der Waals surface area contributed by atoms with E-state index in [2.05, 4.69) is 31.5 Å². The lowest BCUT2D eigenvalue weighted by atomic mass is 9.92. The minimum absolute atomic E-state index is 0. The monoisotopic (exact) mass is 493 g/mol. The lowest BCUT2D eigenvalue weighted by molar-refractivity contribution is -0.128. The molecule has 1 aliphatic rings. The number of hydrogen-bond acceptors (Lipinski definition) is 3. The maximum Gasteiger partial charge on any atom is 0.227 e. The first-order valence-electron chi connectivity index (χ1n) is 8.55. The third-order valence-corrected chi connectivity index (χ3v) is 4.73. The van der Waals surface area contributed by atoms with E-state index < -0.39 is 5.41 Å². The second kappa shape index (κ2) is 10.2. The average Bonchev–Trinajstić information content (AvgIpc) is 2.62. The van der Waals surface area contributed by atoms with Crippen LogP contribution in [0.2, 0.25) is 5.02 Å². The Bertz CT molecular complexity index is 630. The number of hydrogen-bond donors (Lipinski definition) is 2. The molecule has 1 aromatic rings. The minimum Gasteiger partial charge on any atom is -0.368 e. The molecule has 8 heteroatoms. The zero-order valence-corrected chi connectivity index (χ0v) is 19.0. The summed E-state index contributed by atoms with van der Waals surface area (Å²) in [5.74, 6) is 0.851. The maximum atomic E-state index is 11.9. The van der Waals surface area contributed by atoms with Gasteiger partial charge in [0.15, 0.2) is 5.96 Å². The van der Waals surface area contributed by atoms with Gasteiger partial charge in [-0.2, -0.15) is 0 Å². The molecule has 0 bridgehead atoms. The summed E-state index contributed by atoms with van der Waals surface area (Å²) in [5, 5.41) is 6.80. The molecule has 0 aromatic heterocycles. The van der Waals surface area contributed by atoms with E-state index in [9.17, 15) is 4.79 Å². The molecule has 26 heavy (non-hydrogen) atoms. The summed E-state index contributed by atoms with van der Waals surface area (Å²) >= 11 is 6.09. The van der Waals surface area contributed by atoms with Crippen molar-refractivity contribution in [1.29, 1.82) is 0 Å². The second-order valence-electron chi connectivity index (χ2n) is 6.82. The molecule has 0 radical (unpaired) electrons. The zero-order valence-electron chi connectivity index (χ0n) is 15.9. The van der Waals surface area contributed by atoms with Gasteiger partial charge in [-0.05, 0) is 32.0 Å². The van der Waals surface area contributed by atoms with Gasteiger partial charge in [0.1, 0.15) is 0 Å². The van der Waals surface area contributed by atoms with Crippen LogP contribution in [0.15, 0.2) is 29.3 Å². The van der Waals surface area contributed by atoms with Crippen LogP contribution >= 0.6 is 35.6 Å². The molecular formula is C18H29ClIN5O. The number of benzene rings is 1. The Morgan fingerprint density at radius 3 is 2.46 bits per heavy atom. The Morgan fingerprint density at radius 2 is 1.92 bits per heavy atom. The predicted molar refractivity (Wildman–Crippen MR) is 120 cm³/mol. The van der Waals surface area contributed by atoms with Gasteiger partial charge in [-0.15, -0.1) is 24.0 Å². The first kappa shape index (κ1) is 22.8. The van der Waals surface area contributed by atoms with Gasteiger partial charge in [-0.1, -0.05) is 17.7 Å². The molecule has 146 valence electrons. The van der Waals surface area contributed by atoms with E-state index in [1.807, 2.05) is 32.0 Å². The molecular weight excluding hydrogens is 465 g/mol. The number of rotatable bonds is 4. The highest BCUT2D eigenvalue weighted by atomic mass is 127. The lowest BCUT2D eigenvalue weighted by Crippen LogP contribution is -2.54. The van der Waals surface area contributed by atoms with Crippen LogP contribution in [0.25, 0.3) is 0 Å². The Labute approximate surface area is 178 Å². The van der Waals surface area contributed by atoms with Gasteiger partial charge < -0.3 is 20.4 Å². The molecule has 1 aromatic carbocycles. The molecule has 0 unspecified atom stereocenters. The first-order valence-corrected chi connectivity index (χ1v) is 8.93. The molecule has 0 saturated carbocycles. The molecule has 6 nitrogen and oxygen atoms in total. The summed E-state index contributed by atoms with van der Waals surface area (Å²) < 4.78 is 0. The van der Waals surface area contributed by atoms with Crippen LogP contribution in [0.1, 0.15) is 13.8 Å². The smallest absolute Gasteiger partial charge is 0.227 e. The van der Waals surface area contributed by atoms with Crippen LogP contribution in [-0.2, 0) is 4.79 Å². The van der Waals surface area contributed by atoms with E-state index in [1.165, 1.54) is 0 Å². The van der Waals surface area contributed by atoms with Crippen molar-refractivity contribution in [3.8, 4) is 0 Å². The number of piperazine rings is 1. The Hall–Kier alpha value is -1.22. The number of aliphatic imine (C=N–C) groups is 1. The topological polar surface area (TPSA) is 60.0 Å². The molecule has 1 saturated heterocycles. The summed E-state index contributed by atoms with van der Waals surface area (Å²) in [4.78, 5) is 20.8. The number of carbonyl (C=O) groups excluding carboxylic acids is 1. The van der Waals surface area contributed by atoms with Crippen LogP contribution in [-0.4, -0.2) is 63.6 Å². The fourth-order valence-electron chi connectivity index (χ4n) is 2.90. The number of nitrogens with one attached hydrogen (secondary N) is 2. The fourth-order valence-corrected chi connectivity index (χ4v) is 3.08. The van der Waals surface area contributed by atoms with E-state index in [0.717, 1.165) is 42.8 Å². The van der Waals surface area contributed by atoms with E-state index in [4.69, 9.17) is 11.6 Å². The Morgan fingerprint density at radius 1 is 1.27 bits per heavy atom. The van der Waals surface area contributed by atoms with Crippen LogP contribution in [0, 0.1) is 5.41 Å². The van der Waals surface area contributed by atoms with Crippen molar-refractivity contribution in [3.63, 3.8) is 0 Å². The lowest BCUT2D eigenvalue weighted by Gasteiger charge is -2.38. The standard InChI is InChI=1S/C18H28ClN5O.HI/c1-18(2,16(25)20-3)13-22-17(21-4)24-10-8-23(9-11-24)15-7-5-6-14(19)12-15;/h5-7,12H,8-11,13H2,1-4H3,(H,20,25)(H,21,22);1H. The van der Waals surface area contributed by atoms with Gasteiger partial charge in [0.2, 0.25) is 5.91 Å². The zero-order chi connectivity index (χ0) is 18.4. The number of nitrogens with zero attached hydrogens (tertiary/aromatic N) is 3. The largest absolute Gasteiger partial charge is 0.368 e. The summed E-state index contributed by atoms with van der Waals surface area (Å²) in [6.45, 7) is 7.92. The van der Waals surface area contributed by atoms with Gasteiger partial charge in [0, 0.05) is 57.5 Å². The average molecular weight is 494 g/mol. The predicted octanol–water partition coefficient (Wildman–Crippen LogP) is 2.43.